The van der Waals surface area contributed by atoms with Gasteiger partial charge in [0.25, 0.3) is 0 Å². The number of rotatable bonds is 5. The quantitative estimate of drug-likeness (QED) is 0.564. The minimum absolute atomic E-state index is 0.432. The van der Waals surface area contributed by atoms with Gasteiger partial charge in [0.05, 0.1) is 0 Å². The Hall–Kier alpha value is -0.157. The third-order valence-corrected chi connectivity index (χ3v) is 7.00. The molecule has 0 bridgehead atoms. The van der Waals surface area contributed by atoms with Gasteiger partial charge in [-0.15, -0.1) is 0 Å². The Bertz CT molecular complexity index is 546. The summed E-state index contributed by atoms with van der Waals surface area (Å²) in [5.74, 6) is 1.46. The first-order chi connectivity index (χ1) is 10.2. The molecule has 1 aliphatic carbocycles. The van der Waals surface area contributed by atoms with Gasteiger partial charge in [-0.2, -0.15) is 0 Å². The molecule has 2 rings (SSSR count). The van der Waals surface area contributed by atoms with Crippen LogP contribution in [0.5, 0.6) is 0 Å². The Morgan fingerprint density at radius 1 is 1.14 bits per heavy atom. The Balaban J connectivity index is 2.09. The molecule has 0 amide bonds. The van der Waals surface area contributed by atoms with E-state index in [2.05, 4.69) is 65.8 Å². The van der Waals surface area contributed by atoms with Crippen molar-refractivity contribution in [3.63, 3.8) is 0 Å². The topological polar surface area (TPSA) is 0 Å². The van der Waals surface area contributed by atoms with Crippen molar-refractivity contribution in [1.29, 1.82) is 0 Å². The predicted octanol–water partition coefficient (Wildman–Crippen LogP) is 6.33. The van der Waals surface area contributed by atoms with Gasteiger partial charge in [-0.1, -0.05) is 0 Å². The molecule has 0 saturated carbocycles. The van der Waals surface area contributed by atoms with E-state index in [1.807, 2.05) is 0 Å². The van der Waals surface area contributed by atoms with E-state index < -0.39 is 0 Å². The summed E-state index contributed by atoms with van der Waals surface area (Å²) in [7, 11) is 0. The Morgan fingerprint density at radius 3 is 2.41 bits per heavy atom. The Kier molecular flexibility index (Phi) is 5.92. The second-order valence-electron chi connectivity index (χ2n) is 8.31. The summed E-state index contributed by atoms with van der Waals surface area (Å²) in [6.07, 6.45) is 6.37. The van der Waals surface area contributed by atoms with Gasteiger partial charge in [-0.25, -0.2) is 0 Å². The molecule has 2 atom stereocenters. The van der Waals surface area contributed by atoms with Crippen LogP contribution < -0.4 is 0 Å². The molecule has 22 heavy (non-hydrogen) atoms. The van der Waals surface area contributed by atoms with Crippen molar-refractivity contribution in [1.82, 2.24) is 0 Å². The first kappa shape index (κ1) is 18.2. The van der Waals surface area contributed by atoms with Crippen molar-refractivity contribution in [3.05, 3.63) is 40.5 Å². The summed E-state index contributed by atoms with van der Waals surface area (Å²) >= 11 is 1.63. The van der Waals surface area contributed by atoms with E-state index in [4.69, 9.17) is 0 Å². The normalized spacial score (nSPS) is 19.2. The molecule has 1 aromatic carbocycles. The summed E-state index contributed by atoms with van der Waals surface area (Å²) < 4.78 is 0.690. The predicted molar refractivity (Wildman–Crippen MR) is 93.6 cm³/mol. The van der Waals surface area contributed by atoms with Crippen molar-refractivity contribution in [3.8, 4) is 0 Å². The molecule has 119 valence electrons. The van der Waals surface area contributed by atoms with Crippen LogP contribution in [0.4, 0.5) is 0 Å². The van der Waals surface area contributed by atoms with Crippen LogP contribution in [0, 0.1) is 17.3 Å². The zero-order valence-electron chi connectivity index (χ0n) is 15.2. The molecule has 0 radical (unpaired) electrons. The molecular weight excluding hydrogens is 343 g/mol. The third kappa shape index (κ3) is 4.02. The zero-order chi connectivity index (χ0) is 16.5. The fourth-order valence-corrected chi connectivity index (χ4v) is 4.88. The summed E-state index contributed by atoms with van der Waals surface area (Å²) in [4.78, 5) is 0. The van der Waals surface area contributed by atoms with Crippen molar-refractivity contribution in [2.75, 3.05) is 0 Å². The maximum atomic E-state index is 2.50. The molecule has 0 heterocycles. The van der Waals surface area contributed by atoms with E-state index in [-0.39, 0.29) is 0 Å². The molecule has 0 aromatic heterocycles. The van der Waals surface area contributed by atoms with Gasteiger partial charge in [0.2, 0.25) is 0 Å². The number of fused-ring (bicyclic) bond motifs is 1. The van der Waals surface area contributed by atoms with E-state index in [1.165, 1.54) is 19.3 Å². The average Bonchev–Trinajstić information content (AvgIpc) is 2.76. The Labute approximate surface area is 152 Å². The molecule has 0 nitrogen and oxygen atoms in total. The van der Waals surface area contributed by atoms with Gasteiger partial charge >= 0.3 is 153 Å². The maximum absolute atomic E-state index is 2.50. The molecule has 0 N–H and O–H groups in total. The summed E-state index contributed by atoms with van der Waals surface area (Å²) in [6, 6.07) is 6.97. The second kappa shape index (κ2) is 7.17. The van der Waals surface area contributed by atoms with Crippen LogP contribution >= 0.6 is 0 Å². The van der Waals surface area contributed by atoms with Gasteiger partial charge in [0.1, 0.15) is 0 Å². The van der Waals surface area contributed by atoms with E-state index in [1.54, 1.807) is 47.0 Å². The summed E-state index contributed by atoms with van der Waals surface area (Å²) in [6.45, 7) is 14.2. The molecule has 0 spiro atoms. The van der Waals surface area contributed by atoms with Crippen LogP contribution in [-0.2, 0) is 31.1 Å². The fraction of sp³-hybridized carbons (Fsp3) is 0.619. The SMILES string of the molecule is CC(C)C1=Cc2c(CCCC(C)C(C)(C)C)cccc2[CH]1[Zr]. The number of allylic oxidation sites excluding steroid dienone is 1. The third-order valence-electron chi connectivity index (χ3n) is 5.41. The Morgan fingerprint density at radius 2 is 1.82 bits per heavy atom. The fourth-order valence-electron chi connectivity index (χ4n) is 3.24. The average molecular weight is 375 g/mol. The number of benzene rings is 1. The van der Waals surface area contributed by atoms with Crippen LogP contribution in [0.2, 0.25) is 0 Å². The molecule has 0 fully saturated rings. The zero-order valence-corrected chi connectivity index (χ0v) is 17.6. The standard InChI is InChI=1S/C21H31.Zr/c1-15(2)19-13-18-12-8-11-17(20(18)14-19)10-7-9-16(3)21(4,5)6;/h8,11-16H,7,9-10H2,1-6H3;. The van der Waals surface area contributed by atoms with E-state index >= 15 is 0 Å². The van der Waals surface area contributed by atoms with Crippen molar-refractivity contribution >= 4 is 6.08 Å². The summed E-state index contributed by atoms with van der Waals surface area (Å²) in [5.41, 5.74) is 6.78. The number of aryl methyl sites for hydroxylation is 1. The molecular formula is C21H31Zr. The van der Waals surface area contributed by atoms with Crippen LogP contribution in [0.1, 0.15) is 74.7 Å². The van der Waals surface area contributed by atoms with Gasteiger partial charge in [-0.3, -0.25) is 0 Å². The first-order valence-electron chi connectivity index (χ1n) is 8.76. The second-order valence-corrected chi connectivity index (χ2v) is 9.73. The van der Waals surface area contributed by atoms with E-state index in [0.717, 1.165) is 5.92 Å². The molecule has 2 unspecified atom stereocenters. The van der Waals surface area contributed by atoms with Gasteiger partial charge in [-0.05, 0) is 0 Å². The van der Waals surface area contributed by atoms with Crippen molar-refractivity contribution < 1.29 is 24.7 Å². The van der Waals surface area contributed by atoms with E-state index in [9.17, 15) is 0 Å². The van der Waals surface area contributed by atoms with Crippen LogP contribution in [0.25, 0.3) is 6.08 Å². The van der Waals surface area contributed by atoms with Crippen LogP contribution in [-0.4, -0.2) is 0 Å². The molecule has 0 aliphatic heterocycles. The van der Waals surface area contributed by atoms with Crippen molar-refractivity contribution in [2.24, 2.45) is 17.3 Å². The molecule has 1 aliphatic rings. The van der Waals surface area contributed by atoms with E-state index in [0.29, 0.717) is 15.0 Å². The minimum atomic E-state index is 0.432. The number of hydrogen-bond donors (Lipinski definition) is 0. The molecule has 0 saturated heterocycles. The first-order valence-corrected chi connectivity index (χ1v) is 10.2. The van der Waals surface area contributed by atoms with Crippen LogP contribution in [0.15, 0.2) is 23.8 Å². The molecule has 1 aromatic rings. The van der Waals surface area contributed by atoms with Gasteiger partial charge in [0, 0.05) is 0 Å². The number of hydrogen-bond acceptors (Lipinski definition) is 0. The monoisotopic (exact) mass is 373 g/mol. The molecule has 1 heteroatoms. The van der Waals surface area contributed by atoms with Gasteiger partial charge < -0.3 is 0 Å². The summed E-state index contributed by atoms with van der Waals surface area (Å²) in [5, 5.41) is 0. The van der Waals surface area contributed by atoms with Gasteiger partial charge in [0.15, 0.2) is 0 Å². The van der Waals surface area contributed by atoms with Crippen LogP contribution in [0.3, 0.4) is 0 Å². The van der Waals surface area contributed by atoms with Crippen molar-refractivity contribution in [2.45, 2.75) is 64.4 Å².